The van der Waals surface area contributed by atoms with Crippen LogP contribution in [0, 0.1) is 5.92 Å². The number of carbonyl (C=O) groups is 1. The number of nitrogens with zero attached hydrogens (tertiary/aromatic N) is 3. The van der Waals surface area contributed by atoms with Crippen LogP contribution in [0.1, 0.15) is 37.2 Å². The van der Waals surface area contributed by atoms with Crippen molar-refractivity contribution in [3.05, 3.63) is 36.2 Å². The van der Waals surface area contributed by atoms with E-state index in [9.17, 15) is 4.79 Å². The van der Waals surface area contributed by atoms with Crippen LogP contribution in [0.15, 0.2) is 30.5 Å². The molecule has 0 saturated carbocycles. The van der Waals surface area contributed by atoms with Crippen LogP contribution in [-0.4, -0.2) is 38.6 Å². The Labute approximate surface area is 124 Å². The van der Waals surface area contributed by atoms with Crippen molar-refractivity contribution in [1.82, 2.24) is 20.1 Å². The van der Waals surface area contributed by atoms with E-state index in [1.807, 2.05) is 23.1 Å². The molecular weight excluding hydrogens is 264 g/mol. The SMILES string of the molecule is CC1CCCN(C(=O)c2cc(-c3ccccn3)n[nH]2)C1C. The van der Waals surface area contributed by atoms with Crippen LogP contribution < -0.4 is 0 Å². The second-order valence-corrected chi connectivity index (χ2v) is 5.74. The molecule has 2 aromatic rings. The van der Waals surface area contributed by atoms with Gasteiger partial charge in [-0.1, -0.05) is 13.0 Å². The molecule has 2 atom stereocenters. The lowest BCUT2D eigenvalue weighted by Crippen LogP contribution is -2.46. The van der Waals surface area contributed by atoms with Crippen LogP contribution in [0.25, 0.3) is 11.4 Å². The van der Waals surface area contributed by atoms with Crippen molar-refractivity contribution < 1.29 is 4.79 Å². The maximum atomic E-state index is 12.6. The Balaban J connectivity index is 1.81. The fourth-order valence-electron chi connectivity index (χ4n) is 2.85. The molecule has 1 aliphatic rings. The molecule has 0 aliphatic carbocycles. The number of pyridine rings is 1. The highest BCUT2D eigenvalue weighted by Gasteiger charge is 2.29. The number of piperidine rings is 1. The van der Waals surface area contributed by atoms with E-state index in [1.54, 1.807) is 12.3 Å². The standard InChI is InChI=1S/C16H20N4O/c1-11-6-5-9-20(12(11)2)16(21)15-10-14(18-19-15)13-7-3-4-8-17-13/h3-4,7-8,10-12H,5-6,9H2,1-2H3,(H,18,19). The molecule has 1 amide bonds. The smallest absolute Gasteiger partial charge is 0.272 e. The Morgan fingerprint density at radius 2 is 2.19 bits per heavy atom. The summed E-state index contributed by atoms with van der Waals surface area (Å²) in [7, 11) is 0. The number of hydrogen-bond acceptors (Lipinski definition) is 3. The summed E-state index contributed by atoms with van der Waals surface area (Å²) >= 11 is 0. The minimum Gasteiger partial charge on any atom is -0.334 e. The molecule has 3 heterocycles. The van der Waals surface area contributed by atoms with Crippen LogP contribution in [0.2, 0.25) is 0 Å². The summed E-state index contributed by atoms with van der Waals surface area (Å²) in [6, 6.07) is 7.71. The predicted molar refractivity (Wildman–Crippen MR) is 80.7 cm³/mol. The second kappa shape index (κ2) is 5.68. The van der Waals surface area contributed by atoms with Gasteiger partial charge in [0.25, 0.3) is 5.91 Å². The largest absolute Gasteiger partial charge is 0.334 e. The Hall–Kier alpha value is -2.17. The highest BCUT2D eigenvalue weighted by Crippen LogP contribution is 2.25. The molecule has 1 aliphatic heterocycles. The molecule has 21 heavy (non-hydrogen) atoms. The fourth-order valence-corrected chi connectivity index (χ4v) is 2.85. The Kier molecular flexibility index (Phi) is 3.73. The zero-order chi connectivity index (χ0) is 14.8. The van der Waals surface area contributed by atoms with Crippen molar-refractivity contribution in [2.24, 2.45) is 5.92 Å². The van der Waals surface area contributed by atoms with Gasteiger partial charge in [0.2, 0.25) is 0 Å². The third-order valence-electron chi connectivity index (χ3n) is 4.37. The molecule has 2 unspecified atom stereocenters. The summed E-state index contributed by atoms with van der Waals surface area (Å²) in [6.45, 7) is 5.15. The highest BCUT2D eigenvalue weighted by molar-refractivity contribution is 5.93. The van der Waals surface area contributed by atoms with Crippen molar-refractivity contribution >= 4 is 5.91 Å². The zero-order valence-electron chi connectivity index (χ0n) is 12.4. The van der Waals surface area contributed by atoms with Crippen molar-refractivity contribution in [3.63, 3.8) is 0 Å². The summed E-state index contributed by atoms with van der Waals surface area (Å²) in [5.74, 6) is 0.574. The fraction of sp³-hybridized carbons (Fsp3) is 0.438. The number of aromatic nitrogens is 3. The summed E-state index contributed by atoms with van der Waals surface area (Å²) in [5.41, 5.74) is 2.01. The number of likely N-dealkylation sites (tertiary alicyclic amines) is 1. The first kappa shape index (κ1) is 13.8. The molecule has 1 N–H and O–H groups in total. The van der Waals surface area contributed by atoms with Gasteiger partial charge in [0.05, 0.1) is 5.69 Å². The van der Waals surface area contributed by atoms with Gasteiger partial charge in [0.15, 0.2) is 0 Å². The summed E-state index contributed by atoms with van der Waals surface area (Å²) in [5, 5.41) is 7.07. The van der Waals surface area contributed by atoms with Crippen LogP contribution in [0.4, 0.5) is 0 Å². The lowest BCUT2D eigenvalue weighted by Gasteiger charge is -2.37. The third-order valence-corrected chi connectivity index (χ3v) is 4.37. The van der Waals surface area contributed by atoms with Gasteiger partial charge in [-0.3, -0.25) is 14.9 Å². The van der Waals surface area contributed by atoms with Gasteiger partial charge < -0.3 is 4.90 Å². The van der Waals surface area contributed by atoms with E-state index in [0.29, 0.717) is 17.3 Å². The van der Waals surface area contributed by atoms with E-state index >= 15 is 0 Å². The molecule has 5 heteroatoms. The second-order valence-electron chi connectivity index (χ2n) is 5.74. The number of aromatic amines is 1. The monoisotopic (exact) mass is 284 g/mol. The molecular formula is C16H20N4O. The first-order chi connectivity index (χ1) is 10.2. The van der Waals surface area contributed by atoms with Crippen LogP contribution in [-0.2, 0) is 0 Å². The zero-order valence-corrected chi connectivity index (χ0v) is 12.4. The molecule has 3 rings (SSSR count). The van der Waals surface area contributed by atoms with E-state index in [4.69, 9.17) is 0 Å². The molecule has 5 nitrogen and oxygen atoms in total. The van der Waals surface area contributed by atoms with Crippen molar-refractivity contribution in [1.29, 1.82) is 0 Å². The summed E-state index contributed by atoms with van der Waals surface area (Å²) in [6.07, 6.45) is 3.98. The lowest BCUT2D eigenvalue weighted by molar-refractivity contribution is 0.0545. The summed E-state index contributed by atoms with van der Waals surface area (Å²) in [4.78, 5) is 18.8. The van der Waals surface area contributed by atoms with Gasteiger partial charge in [0.1, 0.15) is 11.4 Å². The van der Waals surface area contributed by atoms with Gasteiger partial charge in [-0.25, -0.2) is 0 Å². The average molecular weight is 284 g/mol. The number of nitrogens with one attached hydrogen (secondary N) is 1. The number of carbonyl (C=O) groups excluding carboxylic acids is 1. The topological polar surface area (TPSA) is 61.9 Å². The van der Waals surface area contributed by atoms with Crippen LogP contribution in [0.5, 0.6) is 0 Å². The Morgan fingerprint density at radius 3 is 2.95 bits per heavy atom. The Morgan fingerprint density at radius 1 is 1.33 bits per heavy atom. The van der Waals surface area contributed by atoms with Gasteiger partial charge in [-0.15, -0.1) is 0 Å². The van der Waals surface area contributed by atoms with Gasteiger partial charge in [-0.05, 0) is 43.9 Å². The van der Waals surface area contributed by atoms with Crippen LogP contribution >= 0.6 is 0 Å². The molecule has 1 fully saturated rings. The maximum absolute atomic E-state index is 12.6. The van der Waals surface area contributed by atoms with E-state index in [2.05, 4.69) is 29.0 Å². The van der Waals surface area contributed by atoms with E-state index in [-0.39, 0.29) is 11.9 Å². The molecule has 2 aromatic heterocycles. The van der Waals surface area contributed by atoms with E-state index < -0.39 is 0 Å². The minimum absolute atomic E-state index is 0.0312. The third kappa shape index (κ3) is 2.68. The first-order valence-corrected chi connectivity index (χ1v) is 7.44. The normalized spacial score (nSPS) is 22.3. The molecule has 0 spiro atoms. The average Bonchev–Trinajstić information content (AvgIpc) is 3.00. The molecule has 110 valence electrons. The molecule has 0 radical (unpaired) electrons. The van der Waals surface area contributed by atoms with E-state index in [1.165, 1.54) is 6.42 Å². The Bertz CT molecular complexity index is 622. The van der Waals surface area contributed by atoms with Crippen molar-refractivity contribution in [3.8, 4) is 11.4 Å². The quantitative estimate of drug-likeness (QED) is 0.922. The minimum atomic E-state index is 0.0312. The number of rotatable bonds is 2. The number of hydrogen-bond donors (Lipinski definition) is 1. The maximum Gasteiger partial charge on any atom is 0.272 e. The number of H-pyrrole nitrogens is 1. The molecule has 1 saturated heterocycles. The van der Waals surface area contributed by atoms with E-state index in [0.717, 1.165) is 18.7 Å². The molecule has 0 aromatic carbocycles. The summed E-state index contributed by atoms with van der Waals surface area (Å²) < 4.78 is 0. The lowest BCUT2D eigenvalue weighted by atomic mass is 9.92. The predicted octanol–water partition coefficient (Wildman–Crippen LogP) is 2.73. The van der Waals surface area contributed by atoms with Crippen molar-refractivity contribution in [2.45, 2.75) is 32.7 Å². The van der Waals surface area contributed by atoms with Crippen LogP contribution in [0.3, 0.4) is 0 Å². The highest BCUT2D eigenvalue weighted by atomic mass is 16.2. The van der Waals surface area contributed by atoms with Gasteiger partial charge in [-0.2, -0.15) is 5.10 Å². The van der Waals surface area contributed by atoms with Gasteiger partial charge >= 0.3 is 0 Å². The van der Waals surface area contributed by atoms with Gasteiger partial charge in [0, 0.05) is 18.8 Å². The molecule has 0 bridgehead atoms. The first-order valence-electron chi connectivity index (χ1n) is 7.44. The number of amides is 1. The van der Waals surface area contributed by atoms with Crippen molar-refractivity contribution in [2.75, 3.05) is 6.54 Å².